The number of aromatic amines is 1. The summed E-state index contributed by atoms with van der Waals surface area (Å²) in [5, 5.41) is 7.72. The number of benzene rings is 2. The summed E-state index contributed by atoms with van der Waals surface area (Å²) >= 11 is 0. The number of H-pyrrole nitrogens is 1. The number of hydrogen-bond donors (Lipinski definition) is 2. The molecule has 0 aliphatic heterocycles. The number of hydrogen-bond acceptors (Lipinski definition) is 5. The van der Waals surface area contributed by atoms with E-state index in [1.165, 1.54) is 0 Å². The zero-order valence-corrected chi connectivity index (χ0v) is 14.7. The maximum Gasteiger partial charge on any atom is 0.316 e. The SMILES string of the molecule is COc1ccccc1CCNC(=O)c1nc(-c2cccc3[nH]ccc23)no1. The van der Waals surface area contributed by atoms with Gasteiger partial charge >= 0.3 is 11.8 Å². The Balaban J connectivity index is 1.44. The first-order chi connectivity index (χ1) is 13.3. The first-order valence-corrected chi connectivity index (χ1v) is 8.56. The summed E-state index contributed by atoms with van der Waals surface area (Å²) < 4.78 is 10.5. The molecule has 0 aliphatic carbocycles. The molecular formula is C20H18N4O3. The predicted octanol–water partition coefficient (Wildman–Crippen LogP) is 3.20. The minimum atomic E-state index is -0.398. The first kappa shape index (κ1) is 16.8. The zero-order valence-electron chi connectivity index (χ0n) is 14.7. The highest BCUT2D eigenvalue weighted by atomic mass is 16.5. The lowest BCUT2D eigenvalue weighted by atomic mass is 10.1. The zero-order chi connectivity index (χ0) is 18.6. The summed E-state index contributed by atoms with van der Waals surface area (Å²) in [5.41, 5.74) is 2.80. The molecule has 0 atom stereocenters. The van der Waals surface area contributed by atoms with Crippen LogP contribution in [0, 0.1) is 0 Å². The summed E-state index contributed by atoms with van der Waals surface area (Å²) in [6.07, 6.45) is 2.49. The molecule has 0 saturated carbocycles. The highest BCUT2D eigenvalue weighted by molar-refractivity contribution is 5.94. The lowest BCUT2D eigenvalue weighted by Crippen LogP contribution is -2.26. The van der Waals surface area contributed by atoms with Gasteiger partial charge in [0, 0.05) is 29.2 Å². The standard InChI is InChI=1S/C20H18N4O3/c1-26-17-8-3-2-5-13(17)9-11-22-19(25)20-23-18(24-27-20)15-6-4-7-16-14(15)10-12-21-16/h2-8,10,12,21H,9,11H2,1H3,(H,22,25). The van der Waals surface area contributed by atoms with E-state index in [1.54, 1.807) is 7.11 Å². The quantitative estimate of drug-likeness (QED) is 0.549. The lowest BCUT2D eigenvalue weighted by molar-refractivity contribution is 0.0910. The van der Waals surface area contributed by atoms with Crippen molar-refractivity contribution in [2.45, 2.75) is 6.42 Å². The van der Waals surface area contributed by atoms with Gasteiger partial charge in [0.25, 0.3) is 0 Å². The van der Waals surface area contributed by atoms with Crippen molar-refractivity contribution >= 4 is 16.8 Å². The molecule has 0 unspecified atom stereocenters. The van der Waals surface area contributed by atoms with Crippen LogP contribution in [0.5, 0.6) is 5.75 Å². The second kappa shape index (κ2) is 7.33. The van der Waals surface area contributed by atoms with Crippen molar-refractivity contribution in [2.24, 2.45) is 0 Å². The fourth-order valence-electron chi connectivity index (χ4n) is 3.00. The Labute approximate surface area is 155 Å². The lowest BCUT2D eigenvalue weighted by Gasteiger charge is -2.08. The fourth-order valence-corrected chi connectivity index (χ4v) is 3.00. The summed E-state index contributed by atoms with van der Waals surface area (Å²) in [6, 6.07) is 15.4. The van der Waals surface area contributed by atoms with Crippen molar-refractivity contribution in [1.29, 1.82) is 0 Å². The monoisotopic (exact) mass is 362 g/mol. The number of rotatable bonds is 6. The summed E-state index contributed by atoms with van der Waals surface area (Å²) in [7, 11) is 1.63. The molecular weight excluding hydrogens is 344 g/mol. The summed E-state index contributed by atoms with van der Waals surface area (Å²) in [5.74, 6) is 0.726. The van der Waals surface area contributed by atoms with Crippen LogP contribution in [-0.4, -0.2) is 34.7 Å². The van der Waals surface area contributed by atoms with Crippen LogP contribution >= 0.6 is 0 Å². The van der Waals surface area contributed by atoms with Crippen molar-refractivity contribution in [3.8, 4) is 17.1 Å². The Bertz CT molecular complexity index is 1080. The molecule has 2 N–H and O–H groups in total. The molecule has 136 valence electrons. The van der Waals surface area contributed by atoms with E-state index in [4.69, 9.17) is 9.26 Å². The van der Waals surface area contributed by atoms with Gasteiger partial charge in [-0.2, -0.15) is 4.98 Å². The number of nitrogens with one attached hydrogen (secondary N) is 2. The van der Waals surface area contributed by atoms with E-state index in [9.17, 15) is 4.79 Å². The molecule has 2 aromatic carbocycles. The second-order valence-corrected chi connectivity index (χ2v) is 5.99. The molecule has 0 fully saturated rings. The van der Waals surface area contributed by atoms with Gasteiger partial charge in [0.05, 0.1) is 7.11 Å². The minimum absolute atomic E-state index is 0.0578. The number of nitrogens with zero attached hydrogens (tertiary/aromatic N) is 2. The Hall–Kier alpha value is -3.61. The summed E-state index contributed by atoms with van der Waals surface area (Å²) in [6.45, 7) is 0.435. The van der Waals surface area contributed by atoms with Crippen molar-refractivity contribution in [3.05, 3.63) is 66.2 Å². The molecule has 7 nitrogen and oxygen atoms in total. The van der Waals surface area contributed by atoms with Gasteiger partial charge < -0.3 is 19.6 Å². The van der Waals surface area contributed by atoms with Crippen LogP contribution in [0.4, 0.5) is 0 Å². The molecule has 2 heterocycles. The van der Waals surface area contributed by atoms with Gasteiger partial charge in [-0.1, -0.05) is 35.5 Å². The number of aromatic nitrogens is 3. The van der Waals surface area contributed by atoms with Gasteiger partial charge in [0.1, 0.15) is 5.75 Å². The fraction of sp³-hybridized carbons (Fsp3) is 0.150. The van der Waals surface area contributed by atoms with Crippen molar-refractivity contribution in [2.75, 3.05) is 13.7 Å². The minimum Gasteiger partial charge on any atom is -0.496 e. The average Bonchev–Trinajstić information content (AvgIpc) is 3.37. The van der Waals surface area contributed by atoms with E-state index < -0.39 is 5.91 Å². The van der Waals surface area contributed by atoms with Crippen LogP contribution in [0.15, 0.2) is 59.3 Å². The highest BCUT2D eigenvalue weighted by Gasteiger charge is 2.17. The van der Waals surface area contributed by atoms with Crippen LogP contribution in [0.25, 0.3) is 22.3 Å². The average molecular weight is 362 g/mol. The van der Waals surface area contributed by atoms with Gasteiger partial charge in [-0.05, 0) is 30.2 Å². The molecule has 0 bridgehead atoms. The van der Waals surface area contributed by atoms with Crippen molar-refractivity contribution in [1.82, 2.24) is 20.4 Å². The van der Waals surface area contributed by atoms with E-state index >= 15 is 0 Å². The van der Waals surface area contributed by atoms with Crippen LogP contribution in [0.1, 0.15) is 16.2 Å². The number of carbonyl (C=O) groups excluding carboxylic acids is 1. The van der Waals surface area contributed by atoms with Crippen molar-refractivity contribution in [3.63, 3.8) is 0 Å². The molecule has 4 rings (SSSR count). The largest absolute Gasteiger partial charge is 0.496 e. The number of methoxy groups -OCH3 is 1. The van der Waals surface area contributed by atoms with Crippen LogP contribution < -0.4 is 10.1 Å². The molecule has 0 spiro atoms. The molecule has 0 aliphatic rings. The van der Waals surface area contributed by atoms with E-state index in [0.717, 1.165) is 27.8 Å². The van der Waals surface area contributed by atoms with E-state index in [0.29, 0.717) is 18.8 Å². The normalized spacial score (nSPS) is 10.9. The van der Waals surface area contributed by atoms with Gasteiger partial charge in [-0.15, -0.1) is 0 Å². The topological polar surface area (TPSA) is 93.0 Å². The number of amides is 1. The predicted molar refractivity (Wildman–Crippen MR) is 101 cm³/mol. The molecule has 4 aromatic rings. The number of fused-ring (bicyclic) bond motifs is 1. The number of carbonyl (C=O) groups is 1. The van der Waals surface area contributed by atoms with Crippen LogP contribution in [0.3, 0.4) is 0 Å². The van der Waals surface area contributed by atoms with Crippen molar-refractivity contribution < 1.29 is 14.1 Å². The Morgan fingerprint density at radius 1 is 1.19 bits per heavy atom. The molecule has 0 saturated heterocycles. The third kappa shape index (κ3) is 3.39. The maximum absolute atomic E-state index is 12.3. The van der Waals surface area contributed by atoms with Gasteiger partial charge in [0.2, 0.25) is 5.82 Å². The molecule has 7 heteroatoms. The van der Waals surface area contributed by atoms with Gasteiger partial charge in [-0.25, -0.2) is 0 Å². The van der Waals surface area contributed by atoms with E-state index in [1.807, 2.05) is 54.7 Å². The van der Waals surface area contributed by atoms with Gasteiger partial charge in [-0.3, -0.25) is 4.79 Å². The molecule has 27 heavy (non-hydrogen) atoms. The van der Waals surface area contributed by atoms with E-state index in [2.05, 4.69) is 20.4 Å². The molecule has 1 amide bonds. The van der Waals surface area contributed by atoms with Gasteiger partial charge in [0.15, 0.2) is 0 Å². The van der Waals surface area contributed by atoms with Crippen LogP contribution in [-0.2, 0) is 6.42 Å². The summed E-state index contributed by atoms with van der Waals surface area (Å²) in [4.78, 5) is 19.7. The number of para-hydroxylation sites is 1. The second-order valence-electron chi connectivity index (χ2n) is 5.99. The Morgan fingerprint density at radius 3 is 2.96 bits per heavy atom. The van der Waals surface area contributed by atoms with E-state index in [-0.39, 0.29) is 5.89 Å². The molecule has 0 radical (unpaired) electrons. The van der Waals surface area contributed by atoms with Crippen LogP contribution in [0.2, 0.25) is 0 Å². The molecule has 2 aromatic heterocycles. The third-order valence-corrected chi connectivity index (χ3v) is 4.33. The first-order valence-electron chi connectivity index (χ1n) is 8.56. The smallest absolute Gasteiger partial charge is 0.316 e. The maximum atomic E-state index is 12.3. The highest BCUT2D eigenvalue weighted by Crippen LogP contribution is 2.25. The Kier molecular flexibility index (Phi) is 4.57. The third-order valence-electron chi connectivity index (χ3n) is 4.33. The Morgan fingerprint density at radius 2 is 2.07 bits per heavy atom. The number of ether oxygens (including phenoxy) is 1.